The first-order valence-corrected chi connectivity index (χ1v) is 9.44. The number of esters is 2. The molecule has 5 heteroatoms. The maximum atomic E-state index is 12.4. The van der Waals surface area contributed by atoms with Gasteiger partial charge in [-0.05, 0) is 73.5 Å². The van der Waals surface area contributed by atoms with E-state index in [4.69, 9.17) is 4.74 Å². The van der Waals surface area contributed by atoms with Crippen LogP contribution in [0.2, 0.25) is 0 Å². The molecule has 0 radical (unpaired) electrons. The maximum absolute atomic E-state index is 12.4. The third-order valence-corrected chi connectivity index (χ3v) is 6.45. The van der Waals surface area contributed by atoms with Crippen molar-refractivity contribution in [1.29, 1.82) is 0 Å². The summed E-state index contributed by atoms with van der Waals surface area (Å²) in [4.78, 5) is 23.9. The number of benzene rings is 1. The highest BCUT2D eigenvalue weighted by atomic mass is 16.5. The van der Waals surface area contributed by atoms with Crippen LogP contribution in [0, 0.1) is 17.3 Å². The predicted octanol–water partition coefficient (Wildman–Crippen LogP) is 3.24. The van der Waals surface area contributed by atoms with Gasteiger partial charge in [0.15, 0.2) is 0 Å². The zero-order valence-corrected chi connectivity index (χ0v) is 15.2. The van der Waals surface area contributed by atoms with Crippen LogP contribution < -0.4 is 0 Å². The lowest BCUT2D eigenvalue weighted by Crippen LogP contribution is -2.56. The van der Waals surface area contributed by atoms with Crippen molar-refractivity contribution in [3.05, 3.63) is 35.4 Å². The molecule has 4 aliphatic carbocycles. The smallest absolute Gasteiger partial charge is 0.337 e. The van der Waals surface area contributed by atoms with Gasteiger partial charge in [-0.25, -0.2) is 4.79 Å². The molecule has 2 atom stereocenters. The molecule has 1 aromatic carbocycles. The lowest BCUT2D eigenvalue weighted by atomic mass is 9.47. The SMILES string of the molecule is COC(=O)c1ccc(COC(=O)CC23C[C@H]4C[C@@H](CC(O)(C4)C2)C3)cc1. The summed E-state index contributed by atoms with van der Waals surface area (Å²) in [6.07, 6.45) is 6.29. The standard InChI is InChI=1S/C21H26O5/c1-25-19(23)17-4-2-14(3-5-17)12-26-18(22)11-20-7-15-6-16(8-20)10-21(24,9-15)13-20/h2-5,15-16,24H,6-13H2,1H3/t15-,16-,20?,21?/m1/s1. The number of carbonyl (C=O) groups excluding carboxylic acids is 2. The molecule has 0 amide bonds. The van der Waals surface area contributed by atoms with Crippen molar-refractivity contribution in [1.82, 2.24) is 0 Å². The van der Waals surface area contributed by atoms with Crippen molar-refractivity contribution in [2.45, 2.75) is 57.2 Å². The summed E-state index contributed by atoms with van der Waals surface area (Å²) in [6.45, 7) is 0.202. The minimum atomic E-state index is -0.548. The van der Waals surface area contributed by atoms with Crippen LogP contribution in [0.15, 0.2) is 24.3 Å². The Labute approximate surface area is 153 Å². The highest BCUT2D eigenvalue weighted by Crippen LogP contribution is 2.62. The van der Waals surface area contributed by atoms with E-state index in [-0.39, 0.29) is 24.0 Å². The van der Waals surface area contributed by atoms with Gasteiger partial charge in [0.25, 0.3) is 0 Å². The fraction of sp³-hybridized carbons (Fsp3) is 0.619. The molecule has 4 bridgehead atoms. The van der Waals surface area contributed by atoms with Gasteiger partial charge in [-0.2, -0.15) is 0 Å². The van der Waals surface area contributed by atoms with E-state index in [1.807, 2.05) is 0 Å². The summed E-state index contributed by atoms with van der Waals surface area (Å²) in [5.41, 5.74) is 0.707. The van der Waals surface area contributed by atoms with E-state index in [0.717, 1.165) is 37.7 Å². The minimum absolute atomic E-state index is 0.0648. The fourth-order valence-electron chi connectivity index (χ4n) is 5.98. The molecule has 4 fully saturated rings. The van der Waals surface area contributed by atoms with Gasteiger partial charge >= 0.3 is 11.9 Å². The van der Waals surface area contributed by atoms with E-state index in [9.17, 15) is 14.7 Å². The lowest BCUT2D eigenvalue weighted by Gasteiger charge is -2.60. The average molecular weight is 358 g/mol. The Balaban J connectivity index is 1.34. The van der Waals surface area contributed by atoms with Crippen LogP contribution in [-0.2, 0) is 20.9 Å². The van der Waals surface area contributed by atoms with E-state index in [1.165, 1.54) is 13.5 Å². The summed E-state index contributed by atoms with van der Waals surface area (Å²) < 4.78 is 10.2. The second kappa shape index (κ2) is 6.38. The first-order valence-electron chi connectivity index (χ1n) is 9.44. The first-order chi connectivity index (χ1) is 12.4. The molecule has 0 spiro atoms. The van der Waals surface area contributed by atoms with E-state index in [0.29, 0.717) is 23.8 Å². The lowest BCUT2D eigenvalue weighted by molar-refractivity contribution is -0.177. The van der Waals surface area contributed by atoms with Gasteiger partial charge in [-0.3, -0.25) is 4.79 Å². The molecule has 4 aliphatic rings. The Morgan fingerprint density at radius 2 is 1.77 bits per heavy atom. The summed E-state index contributed by atoms with van der Waals surface area (Å²) >= 11 is 0. The van der Waals surface area contributed by atoms with Crippen molar-refractivity contribution in [2.75, 3.05) is 7.11 Å². The molecule has 1 aromatic rings. The molecule has 0 heterocycles. The Bertz CT molecular complexity index is 694. The molecule has 1 N–H and O–H groups in total. The monoisotopic (exact) mass is 358 g/mol. The molecule has 0 saturated heterocycles. The normalized spacial score (nSPS) is 34.5. The number of hydrogen-bond donors (Lipinski definition) is 1. The van der Waals surface area contributed by atoms with Crippen LogP contribution in [0.3, 0.4) is 0 Å². The van der Waals surface area contributed by atoms with Crippen LogP contribution >= 0.6 is 0 Å². The number of aliphatic hydroxyl groups is 1. The van der Waals surface area contributed by atoms with Gasteiger partial charge in [0.1, 0.15) is 6.61 Å². The van der Waals surface area contributed by atoms with E-state index in [1.54, 1.807) is 24.3 Å². The van der Waals surface area contributed by atoms with Crippen molar-refractivity contribution in [2.24, 2.45) is 17.3 Å². The largest absolute Gasteiger partial charge is 0.465 e. The number of hydrogen-bond acceptors (Lipinski definition) is 5. The number of carbonyl (C=O) groups is 2. The third-order valence-electron chi connectivity index (χ3n) is 6.45. The van der Waals surface area contributed by atoms with E-state index < -0.39 is 5.60 Å². The number of methoxy groups -OCH3 is 1. The molecular formula is C21H26O5. The van der Waals surface area contributed by atoms with Crippen LogP contribution in [0.1, 0.15) is 60.9 Å². The third kappa shape index (κ3) is 3.37. The molecule has 5 nitrogen and oxygen atoms in total. The maximum Gasteiger partial charge on any atom is 0.337 e. The van der Waals surface area contributed by atoms with Crippen LogP contribution in [0.4, 0.5) is 0 Å². The summed E-state index contributed by atoms with van der Waals surface area (Å²) in [7, 11) is 1.35. The predicted molar refractivity (Wildman–Crippen MR) is 94.3 cm³/mol. The second-order valence-corrected chi connectivity index (χ2v) is 8.71. The molecule has 0 aromatic heterocycles. The Morgan fingerprint density at radius 3 is 2.35 bits per heavy atom. The van der Waals surface area contributed by atoms with Crippen LogP contribution in [0.5, 0.6) is 0 Å². The topological polar surface area (TPSA) is 72.8 Å². The molecule has 140 valence electrons. The molecule has 5 rings (SSSR count). The molecule has 0 unspecified atom stereocenters. The second-order valence-electron chi connectivity index (χ2n) is 8.71. The van der Waals surface area contributed by atoms with Gasteiger partial charge < -0.3 is 14.6 Å². The molecule has 26 heavy (non-hydrogen) atoms. The molecule has 0 aliphatic heterocycles. The van der Waals surface area contributed by atoms with Crippen LogP contribution in [0.25, 0.3) is 0 Å². The van der Waals surface area contributed by atoms with E-state index in [2.05, 4.69) is 4.74 Å². The van der Waals surface area contributed by atoms with Crippen LogP contribution in [-0.4, -0.2) is 29.8 Å². The zero-order valence-electron chi connectivity index (χ0n) is 15.2. The highest BCUT2D eigenvalue weighted by Gasteiger charge is 2.57. The van der Waals surface area contributed by atoms with Gasteiger partial charge in [0, 0.05) is 0 Å². The summed E-state index contributed by atoms with van der Waals surface area (Å²) in [5, 5.41) is 10.8. The van der Waals surface area contributed by atoms with Gasteiger partial charge in [-0.15, -0.1) is 0 Å². The molecular weight excluding hydrogens is 332 g/mol. The fourth-order valence-corrected chi connectivity index (χ4v) is 5.98. The van der Waals surface area contributed by atoms with Gasteiger partial charge in [0.05, 0.1) is 24.7 Å². The van der Waals surface area contributed by atoms with Gasteiger partial charge in [-0.1, -0.05) is 12.1 Å². The van der Waals surface area contributed by atoms with Crippen molar-refractivity contribution >= 4 is 11.9 Å². The Kier molecular flexibility index (Phi) is 4.30. The van der Waals surface area contributed by atoms with Crippen molar-refractivity contribution < 1.29 is 24.2 Å². The quantitative estimate of drug-likeness (QED) is 0.818. The average Bonchev–Trinajstić information content (AvgIpc) is 2.57. The minimum Gasteiger partial charge on any atom is -0.465 e. The number of ether oxygens (including phenoxy) is 2. The Hall–Kier alpha value is -1.88. The van der Waals surface area contributed by atoms with Crippen molar-refractivity contribution in [3.8, 4) is 0 Å². The Morgan fingerprint density at radius 1 is 1.12 bits per heavy atom. The summed E-state index contributed by atoms with van der Waals surface area (Å²) in [5.74, 6) is 0.570. The summed E-state index contributed by atoms with van der Waals surface area (Å²) in [6, 6.07) is 6.88. The van der Waals surface area contributed by atoms with E-state index >= 15 is 0 Å². The number of rotatable bonds is 5. The van der Waals surface area contributed by atoms with Crippen molar-refractivity contribution in [3.63, 3.8) is 0 Å². The molecule has 4 saturated carbocycles. The zero-order chi connectivity index (χ0) is 18.4. The first kappa shape index (κ1) is 17.5. The highest BCUT2D eigenvalue weighted by molar-refractivity contribution is 5.89. The van der Waals surface area contributed by atoms with Gasteiger partial charge in [0.2, 0.25) is 0 Å².